The molecule has 1 aliphatic rings. The average molecular weight is 344 g/mol. The van der Waals surface area contributed by atoms with Gasteiger partial charge in [0.1, 0.15) is 6.04 Å². The van der Waals surface area contributed by atoms with Crippen LogP contribution in [-0.4, -0.2) is 59.3 Å². The van der Waals surface area contributed by atoms with Gasteiger partial charge in [-0.1, -0.05) is 18.2 Å². The van der Waals surface area contributed by atoms with E-state index in [1.807, 2.05) is 0 Å². The van der Waals surface area contributed by atoms with E-state index in [1.165, 1.54) is 0 Å². The van der Waals surface area contributed by atoms with Crippen molar-refractivity contribution in [3.05, 3.63) is 40.3 Å². The molecule has 0 saturated carbocycles. The Morgan fingerprint density at radius 1 is 1.28 bits per heavy atom. The number of carbonyl (C=O) groups is 2. The first-order valence-corrected chi connectivity index (χ1v) is 8.18. The molecule has 0 radical (unpaired) electrons. The third-order valence-electron chi connectivity index (χ3n) is 4.17. The molecule has 25 heavy (non-hydrogen) atoms. The molecule has 1 unspecified atom stereocenters. The summed E-state index contributed by atoms with van der Waals surface area (Å²) in [5.41, 5.74) is 0.175. The number of benzene rings is 1. The molecular formula is C17H20N4O4. The molecule has 0 bridgehead atoms. The Labute approximate surface area is 144 Å². The van der Waals surface area contributed by atoms with Crippen molar-refractivity contribution in [2.24, 2.45) is 0 Å². The fourth-order valence-electron chi connectivity index (χ4n) is 2.87. The minimum atomic E-state index is -0.625. The summed E-state index contributed by atoms with van der Waals surface area (Å²) in [7, 11) is 0. The molecule has 1 aromatic carbocycles. The normalized spacial score (nSPS) is 15.8. The van der Waals surface area contributed by atoms with E-state index in [2.05, 4.69) is 15.5 Å². The molecule has 2 amide bonds. The van der Waals surface area contributed by atoms with Crippen LogP contribution in [0.5, 0.6) is 0 Å². The van der Waals surface area contributed by atoms with E-state index in [0.29, 0.717) is 42.8 Å². The van der Waals surface area contributed by atoms with Gasteiger partial charge < -0.3 is 15.0 Å². The van der Waals surface area contributed by atoms with Crippen LogP contribution in [0.4, 0.5) is 0 Å². The molecule has 8 nitrogen and oxygen atoms in total. The van der Waals surface area contributed by atoms with Crippen LogP contribution in [0.15, 0.2) is 29.1 Å². The second-order valence-electron chi connectivity index (χ2n) is 5.95. The van der Waals surface area contributed by atoms with Gasteiger partial charge in [0, 0.05) is 18.5 Å². The zero-order chi connectivity index (χ0) is 17.8. The summed E-state index contributed by atoms with van der Waals surface area (Å²) in [6, 6.07) is 6.35. The lowest BCUT2D eigenvalue weighted by atomic mass is 10.1. The molecule has 2 heterocycles. The Balaban J connectivity index is 1.67. The molecule has 1 aliphatic heterocycles. The highest BCUT2D eigenvalue weighted by Crippen LogP contribution is 2.12. The predicted octanol–water partition coefficient (Wildman–Crippen LogP) is -0.171. The number of aromatic amines is 1. The zero-order valence-corrected chi connectivity index (χ0v) is 13.9. The largest absolute Gasteiger partial charge is 0.378 e. The van der Waals surface area contributed by atoms with Crippen molar-refractivity contribution in [3.8, 4) is 0 Å². The van der Waals surface area contributed by atoms with Crippen LogP contribution in [0, 0.1) is 0 Å². The molecule has 2 aromatic rings. The molecule has 0 spiro atoms. The molecule has 1 fully saturated rings. The van der Waals surface area contributed by atoms with E-state index in [-0.39, 0.29) is 23.8 Å². The first-order chi connectivity index (χ1) is 12.1. The van der Waals surface area contributed by atoms with Crippen molar-refractivity contribution in [3.63, 3.8) is 0 Å². The Hall–Kier alpha value is -2.74. The molecular weight excluding hydrogens is 324 g/mol. The number of H-pyrrole nitrogens is 1. The number of ether oxygens (including phenoxy) is 1. The molecule has 1 saturated heterocycles. The van der Waals surface area contributed by atoms with E-state index in [0.717, 1.165) is 0 Å². The highest BCUT2D eigenvalue weighted by Gasteiger charge is 2.24. The van der Waals surface area contributed by atoms with Crippen LogP contribution in [0.2, 0.25) is 0 Å². The Morgan fingerprint density at radius 2 is 1.96 bits per heavy atom. The smallest absolute Gasteiger partial charge is 0.272 e. The number of morpholine rings is 1. The lowest BCUT2D eigenvalue weighted by Crippen LogP contribution is -2.50. The topological polar surface area (TPSA) is 104 Å². The quantitative estimate of drug-likeness (QED) is 0.801. The van der Waals surface area contributed by atoms with E-state index in [1.54, 1.807) is 36.1 Å². The third-order valence-corrected chi connectivity index (χ3v) is 4.17. The van der Waals surface area contributed by atoms with Crippen molar-refractivity contribution in [1.29, 1.82) is 0 Å². The second-order valence-corrected chi connectivity index (χ2v) is 5.95. The van der Waals surface area contributed by atoms with Gasteiger partial charge in [0.15, 0.2) is 0 Å². The maximum Gasteiger partial charge on any atom is 0.272 e. The first kappa shape index (κ1) is 17.1. The van der Waals surface area contributed by atoms with Crippen LogP contribution >= 0.6 is 0 Å². The van der Waals surface area contributed by atoms with E-state index >= 15 is 0 Å². The molecule has 1 atom stereocenters. The number of amides is 2. The molecule has 2 N–H and O–H groups in total. The number of rotatable bonds is 4. The van der Waals surface area contributed by atoms with Crippen molar-refractivity contribution in [2.45, 2.75) is 19.4 Å². The monoisotopic (exact) mass is 344 g/mol. The van der Waals surface area contributed by atoms with Crippen LogP contribution < -0.4 is 10.9 Å². The molecule has 8 heteroatoms. The Kier molecular flexibility index (Phi) is 5.08. The maximum absolute atomic E-state index is 12.3. The third kappa shape index (κ3) is 3.85. The van der Waals surface area contributed by atoms with E-state index in [4.69, 9.17) is 4.74 Å². The zero-order valence-electron chi connectivity index (χ0n) is 13.9. The van der Waals surface area contributed by atoms with Gasteiger partial charge in [0.05, 0.1) is 30.7 Å². The minimum absolute atomic E-state index is 0.0158. The van der Waals surface area contributed by atoms with Crippen molar-refractivity contribution in [2.75, 3.05) is 26.3 Å². The Morgan fingerprint density at radius 3 is 2.68 bits per heavy atom. The van der Waals surface area contributed by atoms with Crippen molar-refractivity contribution < 1.29 is 14.3 Å². The van der Waals surface area contributed by atoms with E-state index in [9.17, 15) is 14.4 Å². The summed E-state index contributed by atoms with van der Waals surface area (Å²) in [4.78, 5) is 38.1. The average Bonchev–Trinajstić information content (AvgIpc) is 2.64. The number of nitrogens with one attached hydrogen (secondary N) is 2. The van der Waals surface area contributed by atoms with Gasteiger partial charge in [-0.15, -0.1) is 0 Å². The first-order valence-electron chi connectivity index (χ1n) is 8.18. The highest BCUT2D eigenvalue weighted by molar-refractivity contribution is 5.91. The van der Waals surface area contributed by atoms with Gasteiger partial charge in [-0.2, -0.15) is 5.10 Å². The van der Waals surface area contributed by atoms with Gasteiger partial charge in [-0.3, -0.25) is 14.4 Å². The summed E-state index contributed by atoms with van der Waals surface area (Å²) < 4.78 is 5.22. The minimum Gasteiger partial charge on any atom is -0.378 e. The maximum atomic E-state index is 12.3. The summed E-state index contributed by atoms with van der Waals surface area (Å²) in [6.07, 6.45) is -0.0158. The van der Waals surface area contributed by atoms with Gasteiger partial charge in [-0.05, 0) is 13.0 Å². The van der Waals surface area contributed by atoms with Crippen LogP contribution in [0.1, 0.15) is 12.6 Å². The second kappa shape index (κ2) is 7.43. The molecule has 3 rings (SSSR count). The van der Waals surface area contributed by atoms with Gasteiger partial charge in [0.25, 0.3) is 5.56 Å². The summed E-state index contributed by atoms with van der Waals surface area (Å²) in [5, 5.41) is 10.2. The highest BCUT2D eigenvalue weighted by atomic mass is 16.5. The summed E-state index contributed by atoms with van der Waals surface area (Å²) >= 11 is 0. The Bertz CT molecular complexity index is 842. The fraction of sp³-hybridized carbons (Fsp3) is 0.412. The molecule has 1 aromatic heterocycles. The number of hydrogen-bond acceptors (Lipinski definition) is 5. The number of hydrogen-bond donors (Lipinski definition) is 2. The number of aromatic nitrogens is 2. The lowest BCUT2D eigenvalue weighted by Gasteiger charge is -2.29. The SMILES string of the molecule is CC(NC(=O)Cc1n[nH]c(=O)c2ccccc12)C(=O)N1CCOCC1. The predicted molar refractivity (Wildman–Crippen MR) is 91.1 cm³/mol. The number of nitrogens with zero attached hydrogens (tertiary/aromatic N) is 2. The standard InChI is InChI=1S/C17H20N4O4/c1-11(17(24)21-6-8-25-9-7-21)18-15(22)10-14-12-4-2-3-5-13(12)16(23)20-19-14/h2-5,11H,6-10H2,1H3,(H,18,22)(H,20,23). The van der Waals surface area contributed by atoms with Crippen LogP contribution in [0.25, 0.3) is 10.8 Å². The van der Waals surface area contributed by atoms with Crippen molar-refractivity contribution in [1.82, 2.24) is 20.4 Å². The van der Waals surface area contributed by atoms with Crippen LogP contribution in [0.3, 0.4) is 0 Å². The number of carbonyl (C=O) groups excluding carboxylic acids is 2. The summed E-state index contributed by atoms with van der Waals surface area (Å²) in [6.45, 7) is 3.75. The molecule has 0 aliphatic carbocycles. The van der Waals surface area contributed by atoms with Gasteiger partial charge in [0.2, 0.25) is 11.8 Å². The summed E-state index contributed by atoms with van der Waals surface area (Å²) in [5.74, 6) is -0.449. The van der Waals surface area contributed by atoms with Gasteiger partial charge >= 0.3 is 0 Å². The fourth-order valence-corrected chi connectivity index (χ4v) is 2.87. The van der Waals surface area contributed by atoms with Crippen molar-refractivity contribution >= 4 is 22.6 Å². The van der Waals surface area contributed by atoms with Crippen LogP contribution in [-0.2, 0) is 20.7 Å². The number of fused-ring (bicyclic) bond motifs is 1. The lowest BCUT2D eigenvalue weighted by molar-refractivity contribution is -0.139. The van der Waals surface area contributed by atoms with E-state index < -0.39 is 6.04 Å². The molecule has 132 valence electrons. The van der Waals surface area contributed by atoms with Gasteiger partial charge in [-0.25, -0.2) is 5.10 Å².